The Morgan fingerprint density at radius 3 is 2.77 bits per heavy atom. The summed E-state index contributed by atoms with van der Waals surface area (Å²) < 4.78 is 13.8. The van der Waals surface area contributed by atoms with E-state index in [9.17, 15) is 4.79 Å². The van der Waals surface area contributed by atoms with Crippen LogP contribution in [-0.2, 0) is 6.54 Å². The number of aryl methyl sites for hydroxylation is 2. The first-order chi connectivity index (χ1) is 14.6. The van der Waals surface area contributed by atoms with Gasteiger partial charge in [0, 0.05) is 12.1 Å². The summed E-state index contributed by atoms with van der Waals surface area (Å²) in [6.45, 7) is 8.74. The number of para-hydroxylation sites is 2. The largest absolute Gasteiger partial charge is 0.485 e. The topological polar surface area (TPSA) is 66.2 Å². The monoisotopic (exact) mass is 421 g/mol. The second kappa shape index (κ2) is 8.75. The molecule has 1 unspecified atom stereocenters. The Balaban J connectivity index is 1.51. The minimum absolute atomic E-state index is 0.0592. The molecule has 1 atom stereocenters. The van der Waals surface area contributed by atoms with Crippen LogP contribution < -0.4 is 9.47 Å². The third kappa shape index (κ3) is 4.11. The van der Waals surface area contributed by atoms with Crippen LogP contribution in [0.5, 0.6) is 11.5 Å². The zero-order valence-corrected chi connectivity index (χ0v) is 17.8. The number of carbonyl (C=O) groups excluding carboxylic acids is 1. The number of thioether (sulfide) groups is 1. The highest BCUT2D eigenvalue weighted by Gasteiger charge is 2.28. The number of carbonyl (C=O) groups is 1. The fourth-order valence-electron chi connectivity index (χ4n) is 3.22. The van der Waals surface area contributed by atoms with Gasteiger partial charge in [-0.05, 0) is 43.2 Å². The van der Waals surface area contributed by atoms with E-state index in [1.807, 2.05) is 60.9 Å². The Hall–Kier alpha value is -3.06. The Morgan fingerprint density at radius 2 is 2.00 bits per heavy atom. The fraction of sp³-hybridized carbons (Fsp3) is 0.261. The maximum Gasteiger partial charge on any atom is 0.192 e. The number of nitrogens with zero attached hydrogens (tertiary/aromatic N) is 3. The van der Waals surface area contributed by atoms with Crippen LogP contribution in [0, 0.1) is 13.8 Å². The van der Waals surface area contributed by atoms with E-state index < -0.39 is 0 Å². The highest BCUT2D eigenvalue weighted by atomic mass is 32.2. The van der Waals surface area contributed by atoms with E-state index in [1.165, 1.54) is 17.3 Å². The Labute approximate surface area is 179 Å². The number of ether oxygens (including phenoxy) is 2. The SMILES string of the molecule is C=CCn1c(SCC(=O)c2ccc(C)c(C)c2)nnc1C1COc2ccccc2O1. The average molecular weight is 422 g/mol. The maximum absolute atomic E-state index is 12.7. The number of Topliss-reactive ketones (excluding diaryl/α,β-unsaturated/α-hetero) is 1. The minimum atomic E-state index is -0.378. The molecule has 1 aliphatic rings. The van der Waals surface area contributed by atoms with Crippen molar-refractivity contribution < 1.29 is 14.3 Å². The van der Waals surface area contributed by atoms with Crippen LogP contribution >= 0.6 is 11.8 Å². The smallest absolute Gasteiger partial charge is 0.192 e. The normalized spacial score (nSPS) is 15.1. The molecule has 0 N–H and O–H groups in total. The highest BCUT2D eigenvalue weighted by molar-refractivity contribution is 7.99. The maximum atomic E-state index is 12.7. The second-order valence-corrected chi connectivity index (χ2v) is 8.06. The van der Waals surface area contributed by atoms with E-state index in [4.69, 9.17) is 9.47 Å². The van der Waals surface area contributed by atoms with Crippen LogP contribution in [0.25, 0.3) is 0 Å². The molecule has 1 aromatic heterocycles. The number of hydrogen-bond acceptors (Lipinski definition) is 6. The minimum Gasteiger partial charge on any atom is -0.485 e. The third-order valence-electron chi connectivity index (χ3n) is 5.01. The molecule has 0 radical (unpaired) electrons. The molecule has 3 aromatic rings. The van der Waals surface area contributed by atoms with Gasteiger partial charge >= 0.3 is 0 Å². The molecule has 0 spiro atoms. The number of benzene rings is 2. The molecular formula is C23H23N3O3S. The van der Waals surface area contributed by atoms with Gasteiger partial charge in [0.2, 0.25) is 0 Å². The second-order valence-electron chi connectivity index (χ2n) is 7.12. The van der Waals surface area contributed by atoms with Crippen molar-refractivity contribution in [2.24, 2.45) is 0 Å². The number of ketones is 1. The number of hydrogen-bond donors (Lipinski definition) is 0. The summed E-state index contributed by atoms with van der Waals surface area (Å²) in [5, 5.41) is 9.30. The van der Waals surface area contributed by atoms with Crippen LogP contribution in [0.4, 0.5) is 0 Å². The number of allylic oxidation sites excluding steroid dienone is 1. The van der Waals surface area contributed by atoms with E-state index in [1.54, 1.807) is 6.08 Å². The van der Waals surface area contributed by atoms with Gasteiger partial charge in [-0.1, -0.05) is 42.1 Å². The summed E-state index contributed by atoms with van der Waals surface area (Å²) >= 11 is 1.37. The predicted octanol–water partition coefficient (Wildman–Crippen LogP) is 4.57. The molecule has 2 heterocycles. The van der Waals surface area contributed by atoms with Gasteiger partial charge in [0.25, 0.3) is 0 Å². The molecule has 2 aromatic carbocycles. The highest BCUT2D eigenvalue weighted by Crippen LogP contribution is 2.36. The molecule has 0 saturated heterocycles. The van der Waals surface area contributed by atoms with E-state index in [0.29, 0.717) is 35.4 Å². The molecule has 4 rings (SSSR count). The average Bonchev–Trinajstić information content (AvgIpc) is 3.16. The molecule has 7 heteroatoms. The lowest BCUT2D eigenvalue weighted by Gasteiger charge is -2.26. The molecule has 0 bridgehead atoms. The van der Waals surface area contributed by atoms with Gasteiger partial charge in [-0.3, -0.25) is 9.36 Å². The Kier molecular flexibility index (Phi) is 5.90. The molecule has 0 amide bonds. The first-order valence-electron chi connectivity index (χ1n) is 9.72. The quantitative estimate of drug-likeness (QED) is 0.316. The standard InChI is InChI=1S/C23H23N3O3S/c1-4-11-26-22(21-13-28-19-7-5-6-8-20(19)29-21)24-25-23(26)30-14-18(27)17-10-9-15(2)16(3)12-17/h4-10,12,21H,1,11,13-14H2,2-3H3. The fourth-order valence-corrected chi connectivity index (χ4v) is 4.07. The van der Waals surface area contributed by atoms with Crippen LogP contribution in [0.2, 0.25) is 0 Å². The van der Waals surface area contributed by atoms with Crippen LogP contribution in [0.3, 0.4) is 0 Å². The van der Waals surface area contributed by atoms with Crippen LogP contribution in [-0.4, -0.2) is 32.9 Å². The van der Waals surface area contributed by atoms with Crippen molar-refractivity contribution in [2.75, 3.05) is 12.4 Å². The summed E-state index contributed by atoms with van der Waals surface area (Å²) in [6, 6.07) is 13.3. The molecular weight excluding hydrogens is 398 g/mol. The third-order valence-corrected chi connectivity index (χ3v) is 5.98. The lowest BCUT2D eigenvalue weighted by Crippen LogP contribution is -2.25. The Morgan fingerprint density at radius 1 is 1.20 bits per heavy atom. The molecule has 6 nitrogen and oxygen atoms in total. The lowest BCUT2D eigenvalue weighted by molar-refractivity contribution is 0.0821. The molecule has 30 heavy (non-hydrogen) atoms. The van der Waals surface area contributed by atoms with Gasteiger partial charge in [0.05, 0.1) is 5.75 Å². The van der Waals surface area contributed by atoms with Crippen molar-refractivity contribution >= 4 is 17.5 Å². The van der Waals surface area contributed by atoms with Crippen LogP contribution in [0.15, 0.2) is 60.3 Å². The van der Waals surface area contributed by atoms with Crippen LogP contribution in [0.1, 0.15) is 33.4 Å². The summed E-state index contributed by atoms with van der Waals surface area (Å²) in [5.41, 5.74) is 2.99. The van der Waals surface area contributed by atoms with Gasteiger partial charge in [-0.15, -0.1) is 16.8 Å². The van der Waals surface area contributed by atoms with Gasteiger partial charge in [-0.2, -0.15) is 0 Å². The molecule has 0 fully saturated rings. The summed E-state index contributed by atoms with van der Waals surface area (Å²) in [7, 11) is 0. The van der Waals surface area contributed by atoms with Crippen molar-refractivity contribution in [3.63, 3.8) is 0 Å². The number of rotatable bonds is 7. The molecule has 154 valence electrons. The summed E-state index contributed by atoms with van der Waals surface area (Å²) in [5.74, 6) is 2.40. The van der Waals surface area contributed by atoms with Crippen molar-refractivity contribution in [1.29, 1.82) is 0 Å². The first kappa shape index (κ1) is 20.2. The number of aromatic nitrogens is 3. The van der Waals surface area contributed by atoms with Gasteiger partial charge in [-0.25, -0.2) is 0 Å². The molecule has 1 aliphatic heterocycles. The predicted molar refractivity (Wildman–Crippen MR) is 116 cm³/mol. The van der Waals surface area contributed by atoms with Gasteiger partial charge in [0.15, 0.2) is 34.4 Å². The van der Waals surface area contributed by atoms with E-state index in [-0.39, 0.29) is 17.6 Å². The van der Waals surface area contributed by atoms with E-state index >= 15 is 0 Å². The number of fused-ring (bicyclic) bond motifs is 1. The Bertz CT molecular complexity index is 1090. The van der Waals surface area contributed by atoms with Crippen molar-refractivity contribution in [3.05, 3.63) is 77.6 Å². The summed E-state index contributed by atoms with van der Waals surface area (Å²) in [4.78, 5) is 12.7. The zero-order valence-electron chi connectivity index (χ0n) is 17.0. The van der Waals surface area contributed by atoms with E-state index in [0.717, 1.165) is 11.3 Å². The molecule has 0 aliphatic carbocycles. The zero-order chi connectivity index (χ0) is 21.1. The summed E-state index contributed by atoms with van der Waals surface area (Å²) in [6.07, 6.45) is 1.40. The van der Waals surface area contributed by atoms with Crippen molar-refractivity contribution in [3.8, 4) is 11.5 Å². The molecule has 0 saturated carbocycles. The first-order valence-corrected chi connectivity index (χ1v) is 10.7. The van der Waals surface area contributed by atoms with Crippen molar-refractivity contribution in [2.45, 2.75) is 31.7 Å². The van der Waals surface area contributed by atoms with E-state index in [2.05, 4.69) is 16.8 Å². The van der Waals surface area contributed by atoms with Crippen molar-refractivity contribution in [1.82, 2.24) is 14.8 Å². The van der Waals surface area contributed by atoms with Gasteiger partial charge < -0.3 is 9.47 Å². The lowest BCUT2D eigenvalue weighted by atomic mass is 10.0. The van der Waals surface area contributed by atoms with Gasteiger partial charge in [0.1, 0.15) is 6.61 Å².